The zero-order valence-corrected chi connectivity index (χ0v) is 12.4. The molecule has 1 amide bonds. The molecular weight excluding hydrogens is 302 g/mol. The molecule has 22 heavy (non-hydrogen) atoms. The van der Waals surface area contributed by atoms with Crippen molar-refractivity contribution >= 4 is 23.2 Å². The SMILES string of the molecule is Cc1ccc(C(=O)Nc2cc(-n3cnnn3)ccc2Cl)cc1. The molecule has 1 N–H and O–H groups in total. The van der Waals surface area contributed by atoms with Gasteiger partial charge in [-0.25, -0.2) is 4.68 Å². The van der Waals surface area contributed by atoms with Gasteiger partial charge < -0.3 is 5.32 Å². The van der Waals surface area contributed by atoms with E-state index in [2.05, 4.69) is 20.8 Å². The minimum atomic E-state index is -0.226. The summed E-state index contributed by atoms with van der Waals surface area (Å²) in [6, 6.07) is 12.5. The second kappa shape index (κ2) is 5.95. The van der Waals surface area contributed by atoms with Crippen molar-refractivity contribution in [2.75, 3.05) is 5.32 Å². The lowest BCUT2D eigenvalue weighted by molar-refractivity contribution is 0.102. The highest BCUT2D eigenvalue weighted by molar-refractivity contribution is 6.34. The highest BCUT2D eigenvalue weighted by Gasteiger charge is 2.10. The summed E-state index contributed by atoms with van der Waals surface area (Å²) >= 11 is 6.14. The van der Waals surface area contributed by atoms with Crippen molar-refractivity contribution in [1.82, 2.24) is 20.2 Å². The Morgan fingerprint density at radius 1 is 1.18 bits per heavy atom. The molecule has 0 spiro atoms. The van der Waals surface area contributed by atoms with Crippen LogP contribution in [0.3, 0.4) is 0 Å². The number of carbonyl (C=O) groups is 1. The first-order chi connectivity index (χ1) is 10.6. The number of carbonyl (C=O) groups excluding carboxylic acids is 1. The summed E-state index contributed by atoms with van der Waals surface area (Å²) in [5.74, 6) is -0.226. The minimum absolute atomic E-state index is 0.226. The van der Waals surface area contributed by atoms with Gasteiger partial charge in [-0.05, 0) is 47.7 Å². The number of nitrogens with zero attached hydrogens (tertiary/aromatic N) is 4. The number of nitrogens with one attached hydrogen (secondary N) is 1. The van der Waals surface area contributed by atoms with Crippen molar-refractivity contribution in [2.24, 2.45) is 0 Å². The molecule has 0 atom stereocenters. The smallest absolute Gasteiger partial charge is 0.255 e. The van der Waals surface area contributed by atoms with Crippen molar-refractivity contribution in [2.45, 2.75) is 6.92 Å². The van der Waals surface area contributed by atoms with Gasteiger partial charge in [-0.2, -0.15) is 0 Å². The minimum Gasteiger partial charge on any atom is -0.321 e. The number of benzene rings is 2. The van der Waals surface area contributed by atoms with Crippen LogP contribution in [0.15, 0.2) is 48.8 Å². The first-order valence-electron chi connectivity index (χ1n) is 6.54. The average molecular weight is 314 g/mol. The molecule has 0 aliphatic heterocycles. The van der Waals surface area contributed by atoms with Gasteiger partial charge >= 0.3 is 0 Å². The second-order valence-corrected chi connectivity index (χ2v) is 5.15. The summed E-state index contributed by atoms with van der Waals surface area (Å²) < 4.78 is 1.48. The van der Waals surface area contributed by atoms with Crippen molar-refractivity contribution in [1.29, 1.82) is 0 Å². The fourth-order valence-electron chi connectivity index (χ4n) is 1.93. The van der Waals surface area contributed by atoms with E-state index in [0.29, 0.717) is 22.0 Å². The van der Waals surface area contributed by atoms with Crippen LogP contribution in [-0.4, -0.2) is 26.1 Å². The normalized spacial score (nSPS) is 10.5. The molecule has 0 aliphatic carbocycles. The Morgan fingerprint density at radius 2 is 1.95 bits per heavy atom. The maximum absolute atomic E-state index is 12.3. The van der Waals surface area contributed by atoms with E-state index in [1.165, 1.54) is 11.0 Å². The highest BCUT2D eigenvalue weighted by atomic mass is 35.5. The fourth-order valence-corrected chi connectivity index (χ4v) is 2.10. The van der Waals surface area contributed by atoms with Crippen LogP contribution < -0.4 is 5.32 Å². The molecular formula is C15H12ClN5O. The number of tetrazole rings is 1. The Hall–Kier alpha value is -2.73. The fraction of sp³-hybridized carbons (Fsp3) is 0.0667. The lowest BCUT2D eigenvalue weighted by Gasteiger charge is -2.09. The van der Waals surface area contributed by atoms with Gasteiger partial charge in [0, 0.05) is 5.56 Å². The van der Waals surface area contributed by atoms with Crippen LogP contribution in [0.25, 0.3) is 5.69 Å². The van der Waals surface area contributed by atoms with Gasteiger partial charge in [-0.15, -0.1) is 5.10 Å². The standard InChI is InChI=1S/C15H12ClN5O/c1-10-2-4-11(5-3-10)15(22)18-14-8-12(6-7-13(14)16)21-9-17-19-20-21/h2-9H,1H3,(H,18,22). The van der Waals surface area contributed by atoms with Crippen LogP contribution in [0, 0.1) is 6.92 Å². The van der Waals surface area contributed by atoms with Crippen LogP contribution in [0.1, 0.15) is 15.9 Å². The van der Waals surface area contributed by atoms with Gasteiger partial charge in [0.15, 0.2) is 0 Å². The van der Waals surface area contributed by atoms with Gasteiger partial charge in [0.25, 0.3) is 5.91 Å². The van der Waals surface area contributed by atoms with E-state index in [-0.39, 0.29) is 5.91 Å². The van der Waals surface area contributed by atoms with Crippen molar-refractivity contribution < 1.29 is 4.79 Å². The predicted octanol–water partition coefficient (Wildman–Crippen LogP) is 2.88. The van der Waals surface area contributed by atoms with Crippen LogP contribution in [0.2, 0.25) is 5.02 Å². The first kappa shape index (κ1) is 14.2. The van der Waals surface area contributed by atoms with Gasteiger partial charge in [0.1, 0.15) is 6.33 Å². The van der Waals surface area contributed by atoms with E-state index in [1.54, 1.807) is 30.3 Å². The molecule has 6 nitrogen and oxygen atoms in total. The highest BCUT2D eigenvalue weighted by Crippen LogP contribution is 2.25. The summed E-state index contributed by atoms with van der Waals surface area (Å²) in [6.45, 7) is 1.97. The van der Waals surface area contributed by atoms with Crippen molar-refractivity contribution in [3.05, 3.63) is 64.9 Å². The predicted molar refractivity (Wildman–Crippen MR) is 83.3 cm³/mol. The molecule has 7 heteroatoms. The molecule has 2 aromatic carbocycles. The van der Waals surface area contributed by atoms with Gasteiger partial charge in [-0.1, -0.05) is 29.3 Å². The third-order valence-electron chi connectivity index (χ3n) is 3.13. The summed E-state index contributed by atoms with van der Waals surface area (Å²) in [5.41, 5.74) is 2.86. The number of hydrogen-bond donors (Lipinski definition) is 1. The topological polar surface area (TPSA) is 72.7 Å². The summed E-state index contributed by atoms with van der Waals surface area (Å²) in [4.78, 5) is 12.3. The maximum atomic E-state index is 12.3. The molecule has 0 bridgehead atoms. The monoisotopic (exact) mass is 313 g/mol. The molecule has 3 rings (SSSR count). The molecule has 110 valence electrons. The number of halogens is 1. The van der Waals surface area contributed by atoms with E-state index >= 15 is 0 Å². The average Bonchev–Trinajstić information content (AvgIpc) is 3.04. The number of anilines is 1. The largest absolute Gasteiger partial charge is 0.321 e. The second-order valence-electron chi connectivity index (χ2n) is 4.74. The molecule has 0 saturated heterocycles. The van der Waals surface area contributed by atoms with E-state index < -0.39 is 0 Å². The molecule has 0 saturated carbocycles. The Kier molecular flexibility index (Phi) is 3.84. The quantitative estimate of drug-likeness (QED) is 0.807. The molecule has 1 aromatic heterocycles. The third-order valence-corrected chi connectivity index (χ3v) is 3.46. The van der Waals surface area contributed by atoms with Gasteiger partial charge in [-0.3, -0.25) is 4.79 Å². The van der Waals surface area contributed by atoms with Crippen LogP contribution in [0.5, 0.6) is 0 Å². The van der Waals surface area contributed by atoms with Crippen LogP contribution in [0.4, 0.5) is 5.69 Å². The molecule has 0 aliphatic rings. The Morgan fingerprint density at radius 3 is 2.64 bits per heavy atom. The first-order valence-corrected chi connectivity index (χ1v) is 6.92. The van der Waals surface area contributed by atoms with Crippen LogP contribution in [-0.2, 0) is 0 Å². The summed E-state index contributed by atoms with van der Waals surface area (Å²) in [7, 11) is 0. The van der Waals surface area contributed by atoms with Crippen molar-refractivity contribution in [3.63, 3.8) is 0 Å². The van der Waals surface area contributed by atoms with E-state index in [4.69, 9.17) is 11.6 Å². The Balaban J connectivity index is 1.87. The molecule has 3 aromatic rings. The van der Waals surface area contributed by atoms with E-state index in [1.807, 2.05) is 19.1 Å². The molecule has 1 heterocycles. The summed E-state index contributed by atoms with van der Waals surface area (Å²) in [5, 5.41) is 14.2. The number of rotatable bonds is 3. The number of aryl methyl sites for hydroxylation is 1. The van der Waals surface area contributed by atoms with E-state index in [9.17, 15) is 4.79 Å². The Bertz CT molecular complexity index is 799. The zero-order valence-electron chi connectivity index (χ0n) is 11.7. The van der Waals surface area contributed by atoms with Crippen LogP contribution >= 0.6 is 11.6 Å². The maximum Gasteiger partial charge on any atom is 0.255 e. The van der Waals surface area contributed by atoms with Crippen molar-refractivity contribution in [3.8, 4) is 5.69 Å². The number of hydrogen-bond acceptors (Lipinski definition) is 4. The van der Waals surface area contributed by atoms with E-state index in [0.717, 1.165) is 5.56 Å². The lowest BCUT2D eigenvalue weighted by atomic mass is 10.1. The Labute approximate surface area is 131 Å². The van der Waals surface area contributed by atoms with Gasteiger partial charge in [0.2, 0.25) is 0 Å². The molecule has 0 unspecified atom stereocenters. The number of amides is 1. The zero-order chi connectivity index (χ0) is 15.5. The molecule has 0 fully saturated rings. The molecule has 0 radical (unpaired) electrons. The van der Waals surface area contributed by atoms with Gasteiger partial charge in [0.05, 0.1) is 16.4 Å². The third kappa shape index (κ3) is 2.96. The lowest BCUT2D eigenvalue weighted by Crippen LogP contribution is -2.12. The summed E-state index contributed by atoms with van der Waals surface area (Å²) in [6.07, 6.45) is 1.47. The number of aromatic nitrogens is 4.